The molecule has 0 bridgehead atoms. The normalized spacial score (nSPS) is 13.0. The van der Waals surface area contributed by atoms with Gasteiger partial charge in [-0.05, 0) is 49.9 Å². The van der Waals surface area contributed by atoms with E-state index in [0.29, 0.717) is 17.9 Å². The highest BCUT2D eigenvalue weighted by Crippen LogP contribution is 2.24. The van der Waals surface area contributed by atoms with Crippen LogP contribution >= 0.6 is 0 Å². The molecule has 0 heterocycles. The molecule has 2 aromatic carbocycles. The Balaban J connectivity index is 2.11. The zero-order valence-corrected chi connectivity index (χ0v) is 16.3. The average Bonchev–Trinajstić information content (AvgIpc) is 2.64. The minimum absolute atomic E-state index is 0.0222. The van der Waals surface area contributed by atoms with E-state index < -0.39 is 6.10 Å². The van der Waals surface area contributed by atoms with E-state index in [1.165, 1.54) is 11.1 Å². The second-order valence-electron chi connectivity index (χ2n) is 6.52. The summed E-state index contributed by atoms with van der Waals surface area (Å²) in [7, 11) is 1.61. The van der Waals surface area contributed by atoms with Crippen LogP contribution < -0.4 is 14.8 Å². The van der Waals surface area contributed by atoms with E-state index in [1.54, 1.807) is 13.2 Å². The van der Waals surface area contributed by atoms with Crippen molar-refractivity contribution < 1.29 is 14.3 Å². The Morgan fingerprint density at radius 1 is 1.04 bits per heavy atom. The largest absolute Gasteiger partial charge is 0.497 e. The molecule has 4 heteroatoms. The van der Waals surface area contributed by atoms with Crippen LogP contribution in [0, 0.1) is 13.8 Å². The molecule has 140 valence electrons. The first-order valence-electron chi connectivity index (χ1n) is 9.16. The highest BCUT2D eigenvalue weighted by molar-refractivity contribution is 5.81. The van der Waals surface area contributed by atoms with Crippen molar-refractivity contribution in [1.29, 1.82) is 0 Å². The maximum atomic E-state index is 12.8. The van der Waals surface area contributed by atoms with Gasteiger partial charge >= 0.3 is 0 Å². The predicted molar refractivity (Wildman–Crippen MR) is 105 cm³/mol. The molecule has 1 amide bonds. The van der Waals surface area contributed by atoms with E-state index in [0.717, 1.165) is 12.0 Å². The number of rotatable bonds is 8. The molecular weight excluding hydrogens is 326 g/mol. The van der Waals surface area contributed by atoms with Crippen LogP contribution in [0.4, 0.5) is 0 Å². The molecule has 0 unspecified atom stereocenters. The third-order valence-corrected chi connectivity index (χ3v) is 4.51. The summed E-state index contributed by atoms with van der Waals surface area (Å²) in [5.41, 5.74) is 3.57. The number of nitrogens with one attached hydrogen (secondary N) is 1. The summed E-state index contributed by atoms with van der Waals surface area (Å²) in [5.74, 6) is 1.24. The minimum Gasteiger partial charge on any atom is -0.497 e. The van der Waals surface area contributed by atoms with Crippen molar-refractivity contribution in [3.8, 4) is 11.5 Å². The maximum absolute atomic E-state index is 12.8. The summed E-state index contributed by atoms with van der Waals surface area (Å²) in [6.07, 6.45) is 0.874. The van der Waals surface area contributed by atoms with Gasteiger partial charge < -0.3 is 14.8 Å². The number of carbonyl (C=O) groups is 1. The molecule has 0 saturated heterocycles. The Hall–Kier alpha value is -2.49. The van der Waals surface area contributed by atoms with Gasteiger partial charge in [0.1, 0.15) is 11.5 Å². The van der Waals surface area contributed by atoms with E-state index in [9.17, 15) is 4.79 Å². The molecule has 0 saturated carbocycles. The summed E-state index contributed by atoms with van der Waals surface area (Å²) in [5, 5.41) is 3.15. The van der Waals surface area contributed by atoms with Gasteiger partial charge in [-0.1, -0.05) is 43.7 Å². The van der Waals surface area contributed by atoms with E-state index in [2.05, 4.69) is 44.3 Å². The third kappa shape index (κ3) is 5.01. The Morgan fingerprint density at radius 2 is 1.77 bits per heavy atom. The van der Waals surface area contributed by atoms with Crippen LogP contribution in [-0.4, -0.2) is 19.1 Å². The van der Waals surface area contributed by atoms with Crippen LogP contribution in [0.5, 0.6) is 11.5 Å². The Morgan fingerprint density at radius 3 is 2.38 bits per heavy atom. The molecule has 4 nitrogen and oxygen atoms in total. The van der Waals surface area contributed by atoms with Crippen LogP contribution in [0.25, 0.3) is 0 Å². The lowest BCUT2D eigenvalue weighted by molar-refractivity contribution is -0.129. The predicted octanol–water partition coefficient (Wildman–Crippen LogP) is 4.74. The molecular formula is C22H29NO3. The Kier molecular flexibility index (Phi) is 7.07. The summed E-state index contributed by atoms with van der Waals surface area (Å²) >= 11 is 0. The molecule has 0 fully saturated rings. The van der Waals surface area contributed by atoms with Gasteiger partial charge in [0.2, 0.25) is 0 Å². The molecule has 0 aliphatic heterocycles. The first kappa shape index (κ1) is 19.8. The Labute approximate surface area is 156 Å². The number of carbonyl (C=O) groups excluding carboxylic acids is 1. The van der Waals surface area contributed by atoms with Crippen molar-refractivity contribution in [2.24, 2.45) is 0 Å². The number of ether oxygens (including phenoxy) is 2. The van der Waals surface area contributed by atoms with Gasteiger partial charge in [-0.25, -0.2) is 0 Å². The third-order valence-electron chi connectivity index (χ3n) is 4.51. The average molecular weight is 355 g/mol. The van der Waals surface area contributed by atoms with E-state index in [4.69, 9.17) is 9.47 Å². The van der Waals surface area contributed by atoms with E-state index in [-0.39, 0.29) is 11.9 Å². The highest BCUT2D eigenvalue weighted by Gasteiger charge is 2.22. The van der Waals surface area contributed by atoms with Gasteiger partial charge in [-0.15, -0.1) is 0 Å². The minimum atomic E-state index is -0.540. The number of amides is 1. The van der Waals surface area contributed by atoms with Crippen molar-refractivity contribution in [2.75, 3.05) is 7.11 Å². The Bertz CT molecular complexity index is 742. The molecule has 26 heavy (non-hydrogen) atoms. The molecule has 0 aliphatic carbocycles. The number of methoxy groups -OCH3 is 1. The molecule has 2 aromatic rings. The van der Waals surface area contributed by atoms with Gasteiger partial charge in [0.05, 0.1) is 13.2 Å². The lowest BCUT2D eigenvalue weighted by Gasteiger charge is -2.24. The molecule has 0 spiro atoms. The lowest BCUT2D eigenvalue weighted by atomic mass is 9.97. The first-order chi connectivity index (χ1) is 12.5. The van der Waals surface area contributed by atoms with Crippen LogP contribution in [0.3, 0.4) is 0 Å². The van der Waals surface area contributed by atoms with Crippen molar-refractivity contribution in [3.63, 3.8) is 0 Å². The van der Waals surface area contributed by atoms with Crippen LogP contribution in [0.1, 0.15) is 49.4 Å². The second-order valence-corrected chi connectivity index (χ2v) is 6.52. The zero-order valence-electron chi connectivity index (χ0n) is 16.3. The molecule has 2 atom stereocenters. The first-order valence-corrected chi connectivity index (χ1v) is 9.16. The standard InChI is InChI=1S/C22H29NO3/c1-6-20(19-12-11-15(3)13-16(19)4)23-22(24)21(7-2)26-18-10-8-9-17(14-18)25-5/h8-14,20-21H,6-7H2,1-5H3,(H,23,24)/t20-,21+/m1/s1. The van der Waals surface area contributed by atoms with Crippen molar-refractivity contribution in [1.82, 2.24) is 5.32 Å². The fourth-order valence-electron chi connectivity index (χ4n) is 3.04. The number of aryl methyl sites for hydroxylation is 2. The topological polar surface area (TPSA) is 47.6 Å². The fourth-order valence-corrected chi connectivity index (χ4v) is 3.04. The summed E-state index contributed by atoms with van der Waals surface area (Å²) in [6, 6.07) is 13.6. The van der Waals surface area contributed by atoms with E-state index in [1.807, 2.05) is 25.1 Å². The van der Waals surface area contributed by atoms with Gasteiger partial charge in [0.15, 0.2) is 6.10 Å². The highest BCUT2D eigenvalue weighted by atomic mass is 16.5. The van der Waals surface area contributed by atoms with Crippen molar-refractivity contribution in [2.45, 2.75) is 52.7 Å². The van der Waals surface area contributed by atoms with Crippen molar-refractivity contribution >= 4 is 5.91 Å². The number of hydrogen-bond donors (Lipinski definition) is 1. The quantitative estimate of drug-likeness (QED) is 0.744. The maximum Gasteiger partial charge on any atom is 0.261 e. The van der Waals surface area contributed by atoms with Gasteiger partial charge in [0, 0.05) is 6.07 Å². The zero-order chi connectivity index (χ0) is 19.1. The van der Waals surface area contributed by atoms with Gasteiger partial charge in [-0.2, -0.15) is 0 Å². The molecule has 0 radical (unpaired) electrons. The molecule has 0 aliphatic rings. The monoisotopic (exact) mass is 355 g/mol. The fraction of sp³-hybridized carbons (Fsp3) is 0.409. The summed E-state index contributed by atoms with van der Waals surface area (Å²) in [6.45, 7) is 8.18. The second kappa shape index (κ2) is 9.27. The summed E-state index contributed by atoms with van der Waals surface area (Å²) in [4.78, 5) is 12.8. The van der Waals surface area contributed by atoms with Gasteiger partial charge in [-0.3, -0.25) is 4.79 Å². The SMILES string of the molecule is CC[C@H](Oc1cccc(OC)c1)C(=O)N[C@H](CC)c1ccc(C)cc1C. The number of benzene rings is 2. The molecule has 1 N–H and O–H groups in total. The molecule has 0 aromatic heterocycles. The summed E-state index contributed by atoms with van der Waals surface area (Å²) < 4.78 is 11.1. The van der Waals surface area contributed by atoms with Crippen LogP contribution in [0.15, 0.2) is 42.5 Å². The van der Waals surface area contributed by atoms with Crippen LogP contribution in [0.2, 0.25) is 0 Å². The van der Waals surface area contributed by atoms with Crippen molar-refractivity contribution in [3.05, 3.63) is 59.2 Å². The lowest BCUT2D eigenvalue weighted by Crippen LogP contribution is -2.40. The van der Waals surface area contributed by atoms with E-state index >= 15 is 0 Å². The molecule has 2 rings (SSSR count). The number of hydrogen-bond acceptors (Lipinski definition) is 3. The van der Waals surface area contributed by atoms with Gasteiger partial charge in [0.25, 0.3) is 5.91 Å². The smallest absolute Gasteiger partial charge is 0.261 e. The van der Waals surface area contributed by atoms with Crippen LogP contribution in [-0.2, 0) is 4.79 Å².